The molecular formula is C21H23NO4. The Bertz CT molecular complexity index is 813. The number of hydrogen-bond acceptors (Lipinski definition) is 4. The number of aryl methyl sites for hydroxylation is 2. The molecule has 1 aliphatic rings. The summed E-state index contributed by atoms with van der Waals surface area (Å²) in [6.45, 7) is 4.49. The number of carbonyl (C=O) groups excluding carboxylic acids is 2. The highest BCUT2D eigenvalue weighted by Crippen LogP contribution is 2.34. The number of amides is 1. The molecule has 26 heavy (non-hydrogen) atoms. The van der Waals surface area contributed by atoms with Gasteiger partial charge in [0.15, 0.2) is 0 Å². The molecule has 1 fully saturated rings. The molecule has 0 N–H and O–H groups in total. The zero-order chi connectivity index (χ0) is 18.7. The molecule has 136 valence electrons. The molecule has 0 unspecified atom stereocenters. The van der Waals surface area contributed by atoms with Gasteiger partial charge in [-0.1, -0.05) is 35.9 Å². The fourth-order valence-electron chi connectivity index (χ4n) is 3.07. The highest BCUT2D eigenvalue weighted by atomic mass is 16.5. The van der Waals surface area contributed by atoms with Gasteiger partial charge in [0.05, 0.1) is 18.7 Å². The number of esters is 1. The molecule has 2 aromatic rings. The van der Waals surface area contributed by atoms with Crippen molar-refractivity contribution in [3.63, 3.8) is 0 Å². The van der Waals surface area contributed by atoms with E-state index in [1.54, 1.807) is 12.0 Å². The van der Waals surface area contributed by atoms with Gasteiger partial charge < -0.3 is 14.4 Å². The van der Waals surface area contributed by atoms with Crippen LogP contribution in [0.4, 0.5) is 5.69 Å². The summed E-state index contributed by atoms with van der Waals surface area (Å²) in [6, 6.07) is 13.5. The molecule has 1 amide bonds. The third kappa shape index (κ3) is 3.87. The number of carbonyl (C=O) groups is 2. The van der Waals surface area contributed by atoms with Gasteiger partial charge in [-0.05, 0) is 37.1 Å². The summed E-state index contributed by atoms with van der Waals surface area (Å²) in [4.78, 5) is 26.5. The van der Waals surface area contributed by atoms with Crippen molar-refractivity contribution in [1.82, 2.24) is 0 Å². The molecular weight excluding hydrogens is 330 g/mol. The monoisotopic (exact) mass is 353 g/mol. The third-order valence-electron chi connectivity index (χ3n) is 4.59. The number of rotatable bonds is 5. The van der Waals surface area contributed by atoms with Crippen LogP contribution in [0.2, 0.25) is 0 Å². The fourth-order valence-corrected chi connectivity index (χ4v) is 3.07. The van der Waals surface area contributed by atoms with Crippen LogP contribution in [-0.2, 0) is 20.9 Å². The highest BCUT2D eigenvalue weighted by molar-refractivity contribution is 6.00. The van der Waals surface area contributed by atoms with Crippen LogP contribution in [0, 0.1) is 19.8 Å². The van der Waals surface area contributed by atoms with Gasteiger partial charge >= 0.3 is 5.97 Å². The van der Waals surface area contributed by atoms with E-state index in [0.29, 0.717) is 18.0 Å². The van der Waals surface area contributed by atoms with Gasteiger partial charge in [-0.15, -0.1) is 0 Å². The molecule has 0 aromatic heterocycles. The quantitative estimate of drug-likeness (QED) is 0.773. The molecule has 0 saturated carbocycles. The molecule has 1 saturated heterocycles. The predicted molar refractivity (Wildman–Crippen MR) is 99.2 cm³/mol. The number of methoxy groups -OCH3 is 1. The van der Waals surface area contributed by atoms with Crippen molar-refractivity contribution >= 4 is 17.6 Å². The topological polar surface area (TPSA) is 55.8 Å². The molecule has 2 aromatic carbocycles. The number of nitrogens with zero attached hydrogens (tertiary/aromatic N) is 1. The Kier molecular flexibility index (Phi) is 5.26. The molecule has 0 spiro atoms. The zero-order valence-corrected chi connectivity index (χ0v) is 15.3. The van der Waals surface area contributed by atoms with Crippen LogP contribution >= 0.6 is 0 Å². The van der Waals surface area contributed by atoms with Crippen LogP contribution in [0.15, 0.2) is 42.5 Å². The SMILES string of the molecule is COc1ccc(C)cc1N1C[C@H](C(=O)OCc2ccc(C)cc2)CC1=O. The lowest BCUT2D eigenvalue weighted by atomic mass is 10.1. The molecule has 1 aliphatic heterocycles. The normalized spacial score (nSPS) is 16.7. The van der Waals surface area contributed by atoms with Gasteiger partial charge in [0.25, 0.3) is 0 Å². The van der Waals surface area contributed by atoms with Crippen LogP contribution < -0.4 is 9.64 Å². The average Bonchev–Trinajstić information content (AvgIpc) is 3.02. The van der Waals surface area contributed by atoms with E-state index in [-0.39, 0.29) is 24.9 Å². The van der Waals surface area contributed by atoms with Gasteiger partial charge in [-0.2, -0.15) is 0 Å². The molecule has 1 heterocycles. The maximum atomic E-state index is 12.4. The molecule has 5 heteroatoms. The maximum Gasteiger partial charge on any atom is 0.311 e. The second-order valence-electron chi connectivity index (χ2n) is 6.67. The molecule has 3 rings (SSSR count). The van der Waals surface area contributed by atoms with E-state index in [4.69, 9.17) is 9.47 Å². The minimum Gasteiger partial charge on any atom is -0.495 e. The van der Waals surface area contributed by atoms with E-state index < -0.39 is 5.92 Å². The fraction of sp³-hybridized carbons (Fsp3) is 0.333. The smallest absolute Gasteiger partial charge is 0.311 e. The summed E-state index contributed by atoms with van der Waals surface area (Å²) < 4.78 is 10.8. The van der Waals surface area contributed by atoms with Crippen molar-refractivity contribution in [2.24, 2.45) is 5.92 Å². The van der Waals surface area contributed by atoms with E-state index in [0.717, 1.165) is 16.7 Å². The molecule has 0 bridgehead atoms. The van der Waals surface area contributed by atoms with E-state index in [2.05, 4.69) is 0 Å². The van der Waals surface area contributed by atoms with Crippen molar-refractivity contribution in [2.75, 3.05) is 18.6 Å². The highest BCUT2D eigenvalue weighted by Gasteiger charge is 2.37. The van der Waals surface area contributed by atoms with Crippen LogP contribution in [0.1, 0.15) is 23.1 Å². The molecule has 1 atom stereocenters. The largest absolute Gasteiger partial charge is 0.495 e. The number of benzene rings is 2. The average molecular weight is 353 g/mol. The van der Waals surface area contributed by atoms with Crippen molar-refractivity contribution in [1.29, 1.82) is 0 Å². The summed E-state index contributed by atoms with van der Waals surface area (Å²) in [5.41, 5.74) is 3.82. The summed E-state index contributed by atoms with van der Waals surface area (Å²) in [7, 11) is 1.57. The molecule has 5 nitrogen and oxygen atoms in total. The van der Waals surface area contributed by atoms with Crippen molar-refractivity contribution < 1.29 is 19.1 Å². The first-order valence-electron chi connectivity index (χ1n) is 8.65. The Labute approximate surface area is 153 Å². The number of hydrogen-bond donors (Lipinski definition) is 0. The maximum absolute atomic E-state index is 12.4. The second kappa shape index (κ2) is 7.60. The Morgan fingerprint density at radius 3 is 2.50 bits per heavy atom. The number of anilines is 1. The first-order chi connectivity index (χ1) is 12.5. The van der Waals surface area contributed by atoms with E-state index in [1.165, 1.54) is 0 Å². The van der Waals surface area contributed by atoms with E-state index in [1.807, 2.05) is 56.3 Å². The van der Waals surface area contributed by atoms with Crippen LogP contribution in [-0.4, -0.2) is 25.5 Å². The lowest BCUT2D eigenvalue weighted by molar-refractivity contribution is -0.149. The molecule has 0 aliphatic carbocycles. The van der Waals surface area contributed by atoms with Crippen LogP contribution in [0.5, 0.6) is 5.75 Å². The van der Waals surface area contributed by atoms with Crippen molar-refractivity contribution in [2.45, 2.75) is 26.9 Å². The Morgan fingerprint density at radius 1 is 1.12 bits per heavy atom. The van der Waals surface area contributed by atoms with Crippen LogP contribution in [0.25, 0.3) is 0 Å². The standard InChI is InChI=1S/C21H23NO4/c1-14-4-7-16(8-5-14)13-26-21(24)17-11-20(23)22(12-17)18-10-15(2)6-9-19(18)25-3/h4-10,17H,11-13H2,1-3H3/t17-/m1/s1. The third-order valence-corrected chi connectivity index (χ3v) is 4.59. The Balaban J connectivity index is 1.66. The first-order valence-corrected chi connectivity index (χ1v) is 8.65. The lowest BCUT2D eigenvalue weighted by Gasteiger charge is -2.20. The summed E-state index contributed by atoms with van der Waals surface area (Å²) in [5.74, 6) is -0.268. The lowest BCUT2D eigenvalue weighted by Crippen LogP contribution is -2.27. The van der Waals surface area contributed by atoms with Crippen molar-refractivity contribution in [3.05, 3.63) is 59.2 Å². The zero-order valence-electron chi connectivity index (χ0n) is 15.3. The van der Waals surface area contributed by atoms with Gasteiger partial charge in [0.1, 0.15) is 12.4 Å². The summed E-state index contributed by atoms with van der Waals surface area (Å²) in [6.07, 6.45) is 0.157. The van der Waals surface area contributed by atoms with Gasteiger partial charge in [0, 0.05) is 13.0 Å². The second-order valence-corrected chi connectivity index (χ2v) is 6.67. The Morgan fingerprint density at radius 2 is 1.81 bits per heavy atom. The van der Waals surface area contributed by atoms with Crippen molar-refractivity contribution in [3.8, 4) is 5.75 Å². The van der Waals surface area contributed by atoms with Crippen LogP contribution in [0.3, 0.4) is 0 Å². The minimum absolute atomic E-state index is 0.0915. The summed E-state index contributed by atoms with van der Waals surface area (Å²) in [5, 5.41) is 0. The molecule has 0 radical (unpaired) electrons. The van der Waals surface area contributed by atoms with Gasteiger partial charge in [-0.25, -0.2) is 0 Å². The van der Waals surface area contributed by atoms with E-state index in [9.17, 15) is 9.59 Å². The van der Waals surface area contributed by atoms with Gasteiger partial charge in [-0.3, -0.25) is 9.59 Å². The van der Waals surface area contributed by atoms with Gasteiger partial charge in [0.2, 0.25) is 5.91 Å². The Hall–Kier alpha value is -2.82. The minimum atomic E-state index is -0.460. The first kappa shape index (κ1) is 18.0. The number of ether oxygens (including phenoxy) is 2. The summed E-state index contributed by atoms with van der Waals surface area (Å²) >= 11 is 0. The van der Waals surface area contributed by atoms with E-state index >= 15 is 0 Å². The predicted octanol–water partition coefficient (Wildman–Crippen LogP) is 3.41.